The number of rotatable bonds is 5. The minimum Gasteiger partial charge on any atom is -0.440 e. The van der Waals surface area contributed by atoms with Crippen molar-refractivity contribution in [2.45, 2.75) is 19.3 Å². The van der Waals surface area contributed by atoms with Crippen molar-refractivity contribution in [1.29, 1.82) is 0 Å². The molecule has 3 aromatic rings. The molecule has 4 rings (SSSR count). The number of likely N-dealkylation sites (tertiary alicyclic amines) is 1. The first-order valence-electron chi connectivity index (χ1n) is 8.73. The zero-order valence-corrected chi connectivity index (χ0v) is 13.8. The van der Waals surface area contributed by atoms with Crippen molar-refractivity contribution in [2.24, 2.45) is 0 Å². The number of aromatic nitrogens is 1. The van der Waals surface area contributed by atoms with Gasteiger partial charge < -0.3 is 9.32 Å². The van der Waals surface area contributed by atoms with Gasteiger partial charge in [-0.15, -0.1) is 0 Å². The van der Waals surface area contributed by atoms with Crippen molar-refractivity contribution in [1.82, 2.24) is 9.88 Å². The number of benzene rings is 2. The Morgan fingerprint density at radius 2 is 1.46 bits per heavy atom. The van der Waals surface area contributed by atoms with Crippen LogP contribution in [0.1, 0.15) is 18.7 Å². The van der Waals surface area contributed by atoms with Crippen LogP contribution < -0.4 is 0 Å². The summed E-state index contributed by atoms with van der Waals surface area (Å²) in [4.78, 5) is 7.32. The molecular formula is C21H22N2O. The lowest BCUT2D eigenvalue weighted by Crippen LogP contribution is -2.21. The molecule has 0 radical (unpaired) electrons. The second-order valence-corrected chi connectivity index (χ2v) is 6.32. The van der Waals surface area contributed by atoms with E-state index in [9.17, 15) is 0 Å². The lowest BCUT2D eigenvalue weighted by Gasteiger charge is -2.12. The van der Waals surface area contributed by atoms with Crippen LogP contribution in [0, 0.1) is 0 Å². The number of oxazole rings is 1. The van der Waals surface area contributed by atoms with Crippen LogP contribution in [-0.4, -0.2) is 29.5 Å². The summed E-state index contributed by atoms with van der Waals surface area (Å²) in [5.41, 5.74) is 3.13. The highest BCUT2D eigenvalue weighted by Gasteiger charge is 2.18. The molecule has 2 heterocycles. The highest BCUT2D eigenvalue weighted by molar-refractivity contribution is 5.76. The van der Waals surface area contributed by atoms with E-state index in [1.165, 1.54) is 25.9 Å². The molecular weight excluding hydrogens is 296 g/mol. The largest absolute Gasteiger partial charge is 0.440 e. The zero-order chi connectivity index (χ0) is 16.2. The summed E-state index contributed by atoms with van der Waals surface area (Å²) in [7, 11) is 0. The van der Waals surface area contributed by atoms with Gasteiger partial charge in [0.25, 0.3) is 0 Å². The van der Waals surface area contributed by atoms with Crippen LogP contribution >= 0.6 is 0 Å². The quantitative estimate of drug-likeness (QED) is 0.686. The van der Waals surface area contributed by atoms with Crippen molar-refractivity contribution in [3.05, 3.63) is 66.6 Å². The summed E-state index contributed by atoms with van der Waals surface area (Å²) in [6.45, 7) is 3.44. The van der Waals surface area contributed by atoms with E-state index in [2.05, 4.69) is 29.2 Å². The Bertz CT molecular complexity index is 717. The number of nitrogens with zero attached hydrogens (tertiary/aromatic N) is 2. The van der Waals surface area contributed by atoms with Gasteiger partial charge in [-0.2, -0.15) is 0 Å². The molecule has 122 valence electrons. The predicted octanol–water partition coefficient (Wildman–Crippen LogP) is 4.65. The molecule has 3 nitrogen and oxygen atoms in total. The maximum atomic E-state index is 6.18. The third-order valence-corrected chi connectivity index (χ3v) is 4.60. The van der Waals surface area contributed by atoms with Gasteiger partial charge in [0.1, 0.15) is 5.69 Å². The fraction of sp³-hybridized carbons (Fsp3) is 0.286. The highest BCUT2D eigenvalue weighted by atomic mass is 16.4. The van der Waals surface area contributed by atoms with Crippen LogP contribution in [0.4, 0.5) is 0 Å². The van der Waals surface area contributed by atoms with E-state index in [1.54, 1.807) is 0 Å². The molecule has 0 saturated carbocycles. The molecule has 24 heavy (non-hydrogen) atoms. The minimum atomic E-state index is 0.833. The van der Waals surface area contributed by atoms with Crippen LogP contribution in [0.25, 0.3) is 22.6 Å². The summed E-state index contributed by atoms with van der Waals surface area (Å²) in [5.74, 6) is 1.71. The Morgan fingerprint density at radius 3 is 2.12 bits per heavy atom. The standard InChI is InChI=1S/C21H22N2O/c1-3-9-17(10-4-1)20-21(18-11-5-2-6-12-18)24-19(22-20)13-16-23-14-7-8-15-23/h1-6,9-12H,7-8,13-16H2. The Hall–Kier alpha value is -2.39. The Labute approximate surface area is 143 Å². The summed E-state index contributed by atoms with van der Waals surface area (Å²) >= 11 is 0. The third-order valence-electron chi connectivity index (χ3n) is 4.60. The average Bonchev–Trinajstić information content (AvgIpc) is 3.31. The monoisotopic (exact) mass is 318 g/mol. The maximum Gasteiger partial charge on any atom is 0.196 e. The molecule has 1 aliphatic heterocycles. The van der Waals surface area contributed by atoms with Crippen LogP contribution in [0.15, 0.2) is 65.1 Å². The van der Waals surface area contributed by atoms with Crippen molar-refractivity contribution >= 4 is 0 Å². The first-order chi connectivity index (χ1) is 11.9. The van der Waals surface area contributed by atoms with Gasteiger partial charge in [0.15, 0.2) is 11.7 Å². The van der Waals surface area contributed by atoms with Gasteiger partial charge in [0.2, 0.25) is 0 Å². The Kier molecular flexibility index (Phi) is 4.43. The smallest absolute Gasteiger partial charge is 0.196 e. The normalized spacial score (nSPS) is 15.0. The fourth-order valence-electron chi connectivity index (χ4n) is 3.31. The van der Waals surface area contributed by atoms with E-state index in [4.69, 9.17) is 9.40 Å². The number of hydrogen-bond donors (Lipinski definition) is 0. The molecule has 1 aliphatic rings. The van der Waals surface area contributed by atoms with E-state index in [-0.39, 0.29) is 0 Å². The van der Waals surface area contributed by atoms with Gasteiger partial charge in [-0.1, -0.05) is 60.7 Å². The maximum absolute atomic E-state index is 6.18. The van der Waals surface area contributed by atoms with Crippen LogP contribution in [0.3, 0.4) is 0 Å². The zero-order valence-electron chi connectivity index (χ0n) is 13.8. The van der Waals surface area contributed by atoms with Gasteiger partial charge in [-0.05, 0) is 25.9 Å². The Balaban J connectivity index is 1.65. The first kappa shape index (κ1) is 15.2. The van der Waals surface area contributed by atoms with Crippen molar-refractivity contribution in [3.8, 4) is 22.6 Å². The molecule has 1 aromatic heterocycles. The van der Waals surface area contributed by atoms with Gasteiger partial charge in [0.05, 0.1) is 0 Å². The van der Waals surface area contributed by atoms with Gasteiger partial charge in [-0.3, -0.25) is 0 Å². The Morgan fingerprint density at radius 1 is 0.833 bits per heavy atom. The van der Waals surface area contributed by atoms with Crippen molar-refractivity contribution in [2.75, 3.05) is 19.6 Å². The van der Waals surface area contributed by atoms with Gasteiger partial charge >= 0.3 is 0 Å². The van der Waals surface area contributed by atoms with Crippen molar-refractivity contribution < 1.29 is 4.42 Å². The molecule has 0 aliphatic carbocycles. The predicted molar refractivity (Wildman–Crippen MR) is 96.8 cm³/mol. The minimum absolute atomic E-state index is 0.833. The fourth-order valence-corrected chi connectivity index (χ4v) is 3.31. The molecule has 1 saturated heterocycles. The molecule has 1 fully saturated rings. The summed E-state index contributed by atoms with van der Waals surface area (Å²) in [5, 5.41) is 0. The second-order valence-electron chi connectivity index (χ2n) is 6.32. The van der Waals surface area contributed by atoms with E-state index in [0.717, 1.165) is 41.4 Å². The molecule has 0 amide bonds. The lowest BCUT2D eigenvalue weighted by atomic mass is 10.1. The topological polar surface area (TPSA) is 29.3 Å². The first-order valence-corrected chi connectivity index (χ1v) is 8.73. The van der Waals surface area contributed by atoms with Crippen LogP contribution in [0.2, 0.25) is 0 Å². The SMILES string of the molecule is c1ccc(-c2nc(CCN3CCCC3)oc2-c2ccccc2)cc1. The molecule has 0 unspecified atom stereocenters. The molecule has 0 atom stereocenters. The highest BCUT2D eigenvalue weighted by Crippen LogP contribution is 2.32. The van der Waals surface area contributed by atoms with Crippen molar-refractivity contribution in [3.63, 3.8) is 0 Å². The average molecular weight is 318 g/mol. The lowest BCUT2D eigenvalue weighted by molar-refractivity contribution is 0.329. The van der Waals surface area contributed by atoms with E-state index in [0.29, 0.717) is 0 Å². The second kappa shape index (κ2) is 7.02. The van der Waals surface area contributed by atoms with E-state index >= 15 is 0 Å². The third kappa shape index (κ3) is 3.26. The molecule has 3 heteroatoms. The summed E-state index contributed by atoms with van der Waals surface area (Å²) in [6.07, 6.45) is 3.50. The van der Waals surface area contributed by atoms with Gasteiger partial charge in [-0.25, -0.2) is 4.98 Å². The van der Waals surface area contributed by atoms with E-state index < -0.39 is 0 Å². The van der Waals surface area contributed by atoms with Crippen LogP contribution in [-0.2, 0) is 6.42 Å². The number of hydrogen-bond acceptors (Lipinski definition) is 3. The van der Waals surface area contributed by atoms with Crippen LogP contribution in [0.5, 0.6) is 0 Å². The summed E-state index contributed by atoms with van der Waals surface area (Å²) in [6, 6.07) is 20.6. The summed E-state index contributed by atoms with van der Waals surface area (Å²) < 4.78 is 6.18. The molecule has 0 N–H and O–H groups in total. The molecule has 2 aromatic carbocycles. The van der Waals surface area contributed by atoms with Gasteiger partial charge in [0, 0.05) is 24.1 Å². The molecule has 0 spiro atoms. The molecule has 0 bridgehead atoms. The van der Waals surface area contributed by atoms with E-state index in [1.807, 2.05) is 36.4 Å².